The van der Waals surface area contributed by atoms with Crippen LogP contribution in [-0.2, 0) is 26.5 Å². The van der Waals surface area contributed by atoms with Crippen molar-refractivity contribution in [3.63, 3.8) is 0 Å². The van der Waals surface area contributed by atoms with Crippen LogP contribution in [-0.4, -0.2) is 29.1 Å². The molecule has 0 aromatic heterocycles. The summed E-state index contributed by atoms with van der Waals surface area (Å²) in [5.74, 6) is -1.61. The van der Waals surface area contributed by atoms with E-state index >= 15 is 0 Å². The number of alkyl carbamates (subject to hydrolysis) is 1. The number of nitrogens with one attached hydrogen (secondary N) is 2. The first-order valence-corrected chi connectivity index (χ1v) is 12.7. The number of hydrogen-bond acceptors (Lipinski definition) is 4. The highest BCUT2D eigenvalue weighted by atomic mass is 16.5. The molecule has 4 rings (SSSR count). The number of carbonyl (C=O) groups excluding carboxylic acids is 2. The molecule has 0 aliphatic heterocycles. The van der Waals surface area contributed by atoms with Crippen LogP contribution >= 0.6 is 0 Å². The van der Waals surface area contributed by atoms with Crippen molar-refractivity contribution in [2.24, 2.45) is 0 Å². The summed E-state index contributed by atoms with van der Waals surface area (Å²) in [5.41, 5.74) is 2.33. The largest absolute Gasteiger partial charge is 0.480 e. The van der Waals surface area contributed by atoms with Crippen LogP contribution in [0.3, 0.4) is 0 Å². The van der Waals surface area contributed by atoms with Gasteiger partial charge in [-0.2, -0.15) is 0 Å². The van der Waals surface area contributed by atoms with Crippen LogP contribution in [0.15, 0.2) is 121 Å². The minimum Gasteiger partial charge on any atom is -0.480 e. The van der Waals surface area contributed by atoms with Gasteiger partial charge in [-0.15, -0.1) is 0 Å². The summed E-state index contributed by atoms with van der Waals surface area (Å²) in [7, 11) is 0. The SMILES string of the molecule is O=C(CC[C@@H](NC(=O)OCc1ccccc1)C(=O)O)NC(c1ccccc1)(c1ccccc1)c1ccccc1. The van der Waals surface area contributed by atoms with Crippen molar-refractivity contribution >= 4 is 18.0 Å². The van der Waals surface area contributed by atoms with Gasteiger partial charge >= 0.3 is 12.1 Å². The molecular formula is C32H30N2O5. The average molecular weight is 523 g/mol. The number of carbonyl (C=O) groups is 3. The Morgan fingerprint density at radius 2 is 1.13 bits per heavy atom. The topological polar surface area (TPSA) is 105 Å². The highest BCUT2D eigenvalue weighted by molar-refractivity contribution is 5.82. The molecule has 7 heteroatoms. The summed E-state index contributed by atoms with van der Waals surface area (Å²) >= 11 is 0. The third-order valence-corrected chi connectivity index (χ3v) is 6.41. The van der Waals surface area contributed by atoms with Gasteiger partial charge in [-0.1, -0.05) is 121 Å². The van der Waals surface area contributed by atoms with Crippen molar-refractivity contribution in [1.82, 2.24) is 10.6 Å². The Bertz CT molecular complexity index is 1270. The number of benzene rings is 4. The summed E-state index contributed by atoms with van der Waals surface area (Å²) in [4.78, 5) is 37.6. The van der Waals surface area contributed by atoms with Gasteiger partial charge in [0.1, 0.15) is 18.2 Å². The molecule has 2 amide bonds. The first-order chi connectivity index (χ1) is 19.0. The smallest absolute Gasteiger partial charge is 0.408 e. The summed E-state index contributed by atoms with van der Waals surface area (Å²) in [6.45, 7) is 0.00719. The van der Waals surface area contributed by atoms with E-state index in [0.717, 1.165) is 22.3 Å². The summed E-state index contributed by atoms with van der Waals surface area (Å²) < 4.78 is 5.16. The lowest BCUT2D eigenvalue weighted by molar-refractivity contribution is -0.139. The van der Waals surface area contributed by atoms with E-state index in [1.807, 2.05) is 109 Å². The number of amides is 2. The molecule has 0 bridgehead atoms. The van der Waals surface area contributed by atoms with E-state index in [-0.39, 0.29) is 25.4 Å². The molecule has 7 nitrogen and oxygen atoms in total. The van der Waals surface area contributed by atoms with Crippen LogP contribution in [0.4, 0.5) is 4.79 Å². The lowest BCUT2D eigenvalue weighted by Gasteiger charge is -2.37. The monoisotopic (exact) mass is 522 g/mol. The predicted octanol–water partition coefficient (Wildman–Crippen LogP) is 5.25. The fourth-order valence-electron chi connectivity index (χ4n) is 4.49. The van der Waals surface area contributed by atoms with Crippen LogP contribution in [0.5, 0.6) is 0 Å². The molecule has 0 heterocycles. The molecule has 198 valence electrons. The van der Waals surface area contributed by atoms with Crippen molar-refractivity contribution in [2.45, 2.75) is 31.0 Å². The van der Waals surface area contributed by atoms with Gasteiger partial charge in [-0.3, -0.25) is 4.79 Å². The fraction of sp³-hybridized carbons (Fsp3) is 0.156. The Balaban J connectivity index is 1.52. The fourth-order valence-corrected chi connectivity index (χ4v) is 4.49. The van der Waals surface area contributed by atoms with Crippen molar-refractivity contribution in [3.8, 4) is 0 Å². The van der Waals surface area contributed by atoms with Crippen molar-refractivity contribution in [3.05, 3.63) is 144 Å². The second kappa shape index (κ2) is 13.1. The number of ether oxygens (including phenoxy) is 1. The standard InChI is InChI=1S/C32H30N2O5/c35-29(22-21-28(30(36)37)33-31(38)39-23-24-13-5-1-6-14-24)34-32(25-15-7-2-8-16-25,26-17-9-3-10-18-26)27-19-11-4-12-20-27/h1-20,28H,21-23H2,(H,33,38)(H,34,35)(H,36,37)/t28-/m1/s1. The molecule has 3 N–H and O–H groups in total. The molecule has 0 saturated carbocycles. The molecule has 4 aromatic rings. The third-order valence-electron chi connectivity index (χ3n) is 6.41. The second-order valence-electron chi connectivity index (χ2n) is 9.03. The van der Waals surface area contributed by atoms with E-state index in [1.165, 1.54) is 0 Å². The first kappa shape index (κ1) is 27.1. The highest BCUT2D eigenvalue weighted by Gasteiger charge is 2.38. The Morgan fingerprint density at radius 1 is 0.692 bits per heavy atom. The van der Waals surface area contributed by atoms with Gasteiger partial charge in [0.25, 0.3) is 0 Å². The Labute approximate surface area is 227 Å². The Morgan fingerprint density at radius 3 is 1.56 bits per heavy atom. The maximum Gasteiger partial charge on any atom is 0.408 e. The molecule has 1 atom stereocenters. The second-order valence-corrected chi connectivity index (χ2v) is 9.03. The molecule has 0 aliphatic carbocycles. The zero-order chi connectivity index (χ0) is 27.5. The van der Waals surface area contributed by atoms with Crippen LogP contribution in [0.25, 0.3) is 0 Å². The maximum atomic E-state index is 13.5. The summed E-state index contributed by atoms with van der Waals surface area (Å²) in [6, 6.07) is 36.7. The lowest BCUT2D eigenvalue weighted by Crippen LogP contribution is -2.48. The lowest BCUT2D eigenvalue weighted by atomic mass is 9.77. The van der Waals surface area contributed by atoms with E-state index in [4.69, 9.17) is 4.74 Å². The van der Waals surface area contributed by atoms with Gasteiger partial charge in [0, 0.05) is 6.42 Å². The van der Waals surface area contributed by atoms with Crippen molar-refractivity contribution in [1.29, 1.82) is 0 Å². The van der Waals surface area contributed by atoms with E-state index in [0.29, 0.717) is 0 Å². The molecule has 39 heavy (non-hydrogen) atoms. The minimum atomic E-state index is -1.29. The molecule has 0 spiro atoms. The number of hydrogen-bond donors (Lipinski definition) is 3. The average Bonchev–Trinajstić information content (AvgIpc) is 2.98. The molecule has 0 unspecified atom stereocenters. The zero-order valence-corrected chi connectivity index (χ0v) is 21.3. The molecule has 0 fully saturated rings. The Kier molecular flexibility index (Phi) is 9.08. The van der Waals surface area contributed by atoms with Crippen molar-refractivity contribution < 1.29 is 24.2 Å². The van der Waals surface area contributed by atoms with E-state index in [2.05, 4.69) is 10.6 Å². The van der Waals surface area contributed by atoms with Gasteiger partial charge < -0.3 is 20.5 Å². The first-order valence-electron chi connectivity index (χ1n) is 12.7. The maximum absolute atomic E-state index is 13.5. The van der Waals surface area contributed by atoms with Gasteiger partial charge in [-0.25, -0.2) is 9.59 Å². The van der Waals surface area contributed by atoms with Crippen LogP contribution in [0.2, 0.25) is 0 Å². The number of carboxylic acid groups (broad SMARTS) is 1. The number of rotatable bonds is 11. The predicted molar refractivity (Wildman–Crippen MR) is 148 cm³/mol. The van der Waals surface area contributed by atoms with Crippen molar-refractivity contribution in [2.75, 3.05) is 0 Å². The van der Waals surface area contributed by atoms with Gasteiger partial charge in [0.2, 0.25) is 5.91 Å². The molecule has 0 radical (unpaired) electrons. The number of carboxylic acids is 1. The molecule has 4 aromatic carbocycles. The van der Waals surface area contributed by atoms with Crippen LogP contribution in [0.1, 0.15) is 35.1 Å². The molecular weight excluding hydrogens is 492 g/mol. The van der Waals surface area contributed by atoms with E-state index in [9.17, 15) is 19.5 Å². The highest BCUT2D eigenvalue weighted by Crippen LogP contribution is 2.36. The molecule has 0 saturated heterocycles. The zero-order valence-electron chi connectivity index (χ0n) is 21.3. The summed E-state index contributed by atoms with van der Waals surface area (Å²) in [5, 5.41) is 15.2. The Hall–Kier alpha value is -4.91. The number of aliphatic carboxylic acids is 1. The van der Waals surface area contributed by atoms with Gasteiger partial charge in [-0.05, 0) is 28.7 Å². The van der Waals surface area contributed by atoms with Gasteiger partial charge in [0.05, 0.1) is 0 Å². The minimum absolute atomic E-state index is 0.00719. The van der Waals surface area contributed by atoms with Gasteiger partial charge in [0.15, 0.2) is 0 Å². The van der Waals surface area contributed by atoms with E-state index in [1.54, 1.807) is 12.1 Å². The van der Waals surface area contributed by atoms with E-state index < -0.39 is 23.6 Å². The quantitative estimate of drug-likeness (QED) is 0.233. The summed E-state index contributed by atoms with van der Waals surface area (Å²) in [6.07, 6.45) is -1.11. The normalized spacial score (nSPS) is 11.7. The van der Waals surface area contributed by atoms with Crippen LogP contribution in [0, 0.1) is 0 Å². The van der Waals surface area contributed by atoms with Crippen LogP contribution < -0.4 is 10.6 Å². The third kappa shape index (κ3) is 6.90. The molecule has 0 aliphatic rings.